The van der Waals surface area contributed by atoms with Crippen molar-refractivity contribution in [2.24, 2.45) is 0 Å². The van der Waals surface area contributed by atoms with Crippen LogP contribution in [-0.4, -0.2) is 18.7 Å². The molecule has 0 aliphatic heterocycles. The van der Waals surface area contributed by atoms with E-state index in [0.29, 0.717) is 15.6 Å². The van der Waals surface area contributed by atoms with E-state index in [4.69, 9.17) is 27.8 Å². The predicted molar refractivity (Wildman–Crippen MR) is 56.6 cm³/mol. The van der Waals surface area contributed by atoms with Gasteiger partial charge in [0.2, 0.25) is 0 Å². The molecule has 0 aliphatic rings. The molecular weight excluding hydrogens is 247 g/mol. The lowest BCUT2D eigenvalue weighted by molar-refractivity contribution is 0.482. The Morgan fingerprint density at radius 1 is 1.29 bits per heavy atom. The first-order valence-corrected chi connectivity index (χ1v) is 6.15. The summed E-state index contributed by atoms with van der Waals surface area (Å²) in [5, 5.41) is 0.706. The minimum absolute atomic E-state index is 0.151. The van der Waals surface area contributed by atoms with Crippen molar-refractivity contribution in [2.75, 3.05) is 5.75 Å². The van der Waals surface area contributed by atoms with Crippen LogP contribution in [0.5, 0.6) is 0 Å². The van der Waals surface area contributed by atoms with E-state index in [9.17, 15) is 8.42 Å². The summed E-state index contributed by atoms with van der Waals surface area (Å²) < 4.78 is 29.5. The summed E-state index contributed by atoms with van der Waals surface area (Å²) >= 11 is 11.5. The number of hydrogen-bond acceptors (Lipinski definition) is 2. The molecule has 0 saturated heterocycles. The summed E-state index contributed by atoms with van der Waals surface area (Å²) in [4.78, 5) is 0. The van der Waals surface area contributed by atoms with Gasteiger partial charge >= 0.3 is 0 Å². The van der Waals surface area contributed by atoms with Crippen molar-refractivity contribution in [3.8, 4) is 0 Å². The lowest BCUT2D eigenvalue weighted by atomic mass is 10.2. The lowest BCUT2D eigenvalue weighted by Gasteiger charge is -2.03. The van der Waals surface area contributed by atoms with Crippen LogP contribution in [0.2, 0.25) is 10.0 Å². The van der Waals surface area contributed by atoms with Gasteiger partial charge in [-0.15, -0.1) is 0 Å². The molecule has 3 nitrogen and oxygen atoms in total. The Morgan fingerprint density at radius 2 is 1.93 bits per heavy atom. The van der Waals surface area contributed by atoms with Gasteiger partial charge in [0.1, 0.15) is 0 Å². The molecule has 1 aromatic rings. The van der Waals surface area contributed by atoms with Gasteiger partial charge in [-0.1, -0.05) is 35.3 Å². The second-order valence-corrected chi connectivity index (χ2v) is 5.11. The number of halogens is 2. The van der Waals surface area contributed by atoms with Gasteiger partial charge in [0.15, 0.2) is 0 Å². The van der Waals surface area contributed by atoms with Crippen molar-refractivity contribution in [2.45, 2.75) is 6.42 Å². The molecular formula is C8H8Cl2O3S. The Morgan fingerprint density at radius 3 is 2.50 bits per heavy atom. The standard InChI is InChI=1S/C8H8Cl2O3S/c9-7-3-1-2-6(8(7)10)4-5-14(11,12)13/h1-3H,4-5H2,(H,11,12,13). The number of hydrogen-bond donors (Lipinski definition) is 1. The average molecular weight is 255 g/mol. The number of benzene rings is 1. The van der Waals surface area contributed by atoms with E-state index in [2.05, 4.69) is 0 Å². The molecule has 6 heteroatoms. The Kier molecular flexibility index (Phi) is 3.78. The summed E-state index contributed by atoms with van der Waals surface area (Å²) in [5.41, 5.74) is 0.608. The molecule has 14 heavy (non-hydrogen) atoms. The minimum Gasteiger partial charge on any atom is -0.286 e. The molecule has 0 unspecified atom stereocenters. The Balaban J connectivity index is 2.83. The largest absolute Gasteiger partial charge is 0.286 e. The first-order chi connectivity index (χ1) is 6.40. The van der Waals surface area contributed by atoms with E-state index < -0.39 is 10.1 Å². The van der Waals surface area contributed by atoms with Crippen LogP contribution in [0.25, 0.3) is 0 Å². The van der Waals surface area contributed by atoms with Gasteiger partial charge in [-0.25, -0.2) is 0 Å². The third-order valence-corrected chi connectivity index (χ3v) is 3.24. The van der Waals surface area contributed by atoms with Crippen LogP contribution in [0.3, 0.4) is 0 Å². The average Bonchev–Trinajstić information content (AvgIpc) is 2.06. The fourth-order valence-electron chi connectivity index (χ4n) is 0.980. The van der Waals surface area contributed by atoms with E-state index in [-0.39, 0.29) is 12.2 Å². The molecule has 0 spiro atoms. The van der Waals surface area contributed by atoms with E-state index in [1.54, 1.807) is 18.2 Å². The van der Waals surface area contributed by atoms with E-state index >= 15 is 0 Å². The molecule has 0 fully saturated rings. The topological polar surface area (TPSA) is 54.4 Å². The van der Waals surface area contributed by atoms with E-state index in [1.165, 1.54) is 0 Å². The predicted octanol–water partition coefficient (Wildman–Crippen LogP) is 2.42. The van der Waals surface area contributed by atoms with Crippen LogP contribution in [0.1, 0.15) is 5.56 Å². The molecule has 1 aromatic carbocycles. The van der Waals surface area contributed by atoms with Crippen molar-refractivity contribution in [1.29, 1.82) is 0 Å². The lowest BCUT2D eigenvalue weighted by Crippen LogP contribution is -2.06. The highest BCUT2D eigenvalue weighted by molar-refractivity contribution is 7.85. The Bertz CT molecular complexity index is 428. The van der Waals surface area contributed by atoms with Gasteiger partial charge in [0.05, 0.1) is 15.8 Å². The van der Waals surface area contributed by atoms with Gasteiger partial charge in [0, 0.05) is 0 Å². The fraction of sp³-hybridized carbons (Fsp3) is 0.250. The molecule has 1 rings (SSSR count). The molecule has 0 saturated carbocycles. The third kappa shape index (κ3) is 3.46. The molecule has 0 heterocycles. The van der Waals surface area contributed by atoms with Gasteiger partial charge < -0.3 is 0 Å². The monoisotopic (exact) mass is 254 g/mol. The summed E-state index contributed by atoms with van der Waals surface area (Å²) in [6.45, 7) is 0. The molecule has 0 amide bonds. The smallest absolute Gasteiger partial charge is 0.265 e. The maximum absolute atomic E-state index is 10.5. The van der Waals surface area contributed by atoms with Crippen LogP contribution >= 0.6 is 23.2 Å². The third-order valence-electron chi connectivity index (χ3n) is 1.66. The molecule has 0 radical (unpaired) electrons. The quantitative estimate of drug-likeness (QED) is 0.844. The Hall–Kier alpha value is -0.290. The van der Waals surface area contributed by atoms with Crippen molar-refractivity contribution in [1.82, 2.24) is 0 Å². The second-order valence-electron chi connectivity index (χ2n) is 2.75. The SMILES string of the molecule is O=S(=O)(O)CCc1cccc(Cl)c1Cl. The zero-order chi connectivity index (χ0) is 10.8. The number of aryl methyl sites for hydroxylation is 1. The highest BCUT2D eigenvalue weighted by Gasteiger charge is 2.09. The fourth-order valence-corrected chi connectivity index (χ4v) is 1.87. The van der Waals surface area contributed by atoms with Crippen LogP contribution in [0, 0.1) is 0 Å². The second kappa shape index (κ2) is 4.49. The zero-order valence-corrected chi connectivity index (χ0v) is 9.40. The van der Waals surface area contributed by atoms with Crippen molar-refractivity contribution < 1.29 is 13.0 Å². The normalized spacial score (nSPS) is 11.6. The zero-order valence-electron chi connectivity index (χ0n) is 7.07. The van der Waals surface area contributed by atoms with Crippen LogP contribution in [0.4, 0.5) is 0 Å². The molecule has 0 bridgehead atoms. The molecule has 78 valence electrons. The molecule has 0 aliphatic carbocycles. The first kappa shape index (κ1) is 11.8. The van der Waals surface area contributed by atoms with Gasteiger partial charge in [-0.05, 0) is 18.1 Å². The molecule has 1 N–H and O–H groups in total. The van der Waals surface area contributed by atoms with Gasteiger partial charge in [-0.2, -0.15) is 8.42 Å². The summed E-state index contributed by atoms with van der Waals surface area (Å²) in [7, 11) is -3.95. The first-order valence-electron chi connectivity index (χ1n) is 3.78. The van der Waals surface area contributed by atoms with Gasteiger partial charge in [0.25, 0.3) is 10.1 Å². The van der Waals surface area contributed by atoms with E-state index in [0.717, 1.165) is 0 Å². The van der Waals surface area contributed by atoms with Gasteiger partial charge in [-0.3, -0.25) is 4.55 Å². The van der Waals surface area contributed by atoms with E-state index in [1.807, 2.05) is 0 Å². The highest BCUT2D eigenvalue weighted by Crippen LogP contribution is 2.25. The summed E-state index contributed by atoms with van der Waals surface area (Å²) in [5.74, 6) is -0.354. The maximum atomic E-state index is 10.5. The molecule has 0 atom stereocenters. The Labute approximate surface area is 92.4 Å². The van der Waals surface area contributed by atoms with Crippen LogP contribution < -0.4 is 0 Å². The van der Waals surface area contributed by atoms with Crippen LogP contribution in [0.15, 0.2) is 18.2 Å². The maximum Gasteiger partial charge on any atom is 0.265 e. The van der Waals surface area contributed by atoms with Crippen molar-refractivity contribution >= 4 is 33.3 Å². The van der Waals surface area contributed by atoms with Crippen LogP contribution in [-0.2, 0) is 16.5 Å². The molecule has 0 aromatic heterocycles. The highest BCUT2D eigenvalue weighted by atomic mass is 35.5. The van der Waals surface area contributed by atoms with Crippen molar-refractivity contribution in [3.63, 3.8) is 0 Å². The summed E-state index contributed by atoms with van der Waals surface area (Å²) in [6, 6.07) is 4.95. The minimum atomic E-state index is -3.95. The number of rotatable bonds is 3. The summed E-state index contributed by atoms with van der Waals surface area (Å²) in [6.07, 6.45) is 0.151. The van der Waals surface area contributed by atoms with Crippen molar-refractivity contribution in [3.05, 3.63) is 33.8 Å².